The molecule has 1 aromatic carbocycles. The van der Waals surface area contributed by atoms with Gasteiger partial charge in [0.2, 0.25) is 0 Å². The molecule has 1 heterocycles. The summed E-state index contributed by atoms with van der Waals surface area (Å²) in [5, 5.41) is 0. The van der Waals surface area contributed by atoms with Crippen LogP contribution in [0.5, 0.6) is 0 Å². The number of nitrogens with two attached hydrogens (primary N) is 1. The van der Waals surface area contributed by atoms with E-state index in [1.165, 1.54) is 25.1 Å². The molecule has 3 nitrogen and oxygen atoms in total. The van der Waals surface area contributed by atoms with Crippen molar-refractivity contribution in [1.29, 1.82) is 0 Å². The van der Waals surface area contributed by atoms with Crippen LogP contribution in [0.4, 0.5) is 0 Å². The first-order chi connectivity index (χ1) is 9.93. The van der Waals surface area contributed by atoms with Gasteiger partial charge in [0.1, 0.15) is 0 Å². The molecular weight excluding hydrogens is 326 g/mol. The van der Waals surface area contributed by atoms with E-state index in [9.17, 15) is 0 Å². The molecule has 1 aromatic rings. The maximum Gasteiger partial charge on any atom is 0.0340 e. The quantitative estimate of drug-likeness (QED) is 0.852. The molecule has 0 bridgehead atoms. The second-order valence-corrected chi connectivity index (χ2v) is 7.72. The summed E-state index contributed by atoms with van der Waals surface area (Å²) in [4.78, 5) is 4.89. The molecule has 1 saturated heterocycles. The Morgan fingerprint density at radius 1 is 1.38 bits per heavy atom. The van der Waals surface area contributed by atoms with Crippen molar-refractivity contribution in [1.82, 2.24) is 9.80 Å². The van der Waals surface area contributed by atoms with E-state index in [1.807, 2.05) is 0 Å². The van der Waals surface area contributed by atoms with Crippen LogP contribution in [0.2, 0.25) is 0 Å². The third kappa shape index (κ3) is 4.52. The lowest BCUT2D eigenvalue weighted by Crippen LogP contribution is -2.52. The number of hydrogen-bond donors (Lipinski definition) is 1. The molecule has 0 radical (unpaired) electrons. The van der Waals surface area contributed by atoms with Crippen LogP contribution in [0.25, 0.3) is 0 Å². The Labute approximate surface area is 137 Å². The van der Waals surface area contributed by atoms with Crippen LogP contribution in [0.1, 0.15) is 18.9 Å². The monoisotopic (exact) mass is 353 g/mol. The summed E-state index contributed by atoms with van der Waals surface area (Å²) in [6, 6.07) is 8.60. The van der Waals surface area contributed by atoms with Gasteiger partial charge in [0.05, 0.1) is 0 Å². The minimum absolute atomic E-state index is 0.0228. The molecule has 0 spiro atoms. The fraction of sp³-hybridized carbons (Fsp3) is 0.647. The van der Waals surface area contributed by atoms with E-state index >= 15 is 0 Å². The summed E-state index contributed by atoms with van der Waals surface area (Å²) in [6.45, 7) is 6.54. The smallest absolute Gasteiger partial charge is 0.0340 e. The molecule has 0 aliphatic carbocycles. The Morgan fingerprint density at radius 2 is 2.05 bits per heavy atom. The van der Waals surface area contributed by atoms with Gasteiger partial charge in [0.15, 0.2) is 0 Å². The number of rotatable bonds is 6. The summed E-state index contributed by atoms with van der Waals surface area (Å²) in [7, 11) is 4.44. The van der Waals surface area contributed by atoms with E-state index in [2.05, 4.69) is 71.0 Å². The normalized spacial score (nSPS) is 22.7. The fourth-order valence-corrected chi connectivity index (χ4v) is 3.45. The first-order valence-electron chi connectivity index (χ1n) is 7.77. The van der Waals surface area contributed by atoms with Gasteiger partial charge in [-0.2, -0.15) is 0 Å². The van der Waals surface area contributed by atoms with Crippen LogP contribution < -0.4 is 5.73 Å². The topological polar surface area (TPSA) is 32.5 Å². The van der Waals surface area contributed by atoms with Crippen molar-refractivity contribution in [3.05, 3.63) is 34.3 Å². The Morgan fingerprint density at radius 3 is 2.57 bits per heavy atom. The van der Waals surface area contributed by atoms with E-state index in [0.717, 1.165) is 23.4 Å². The number of nitrogens with zero attached hydrogens (tertiary/aromatic N) is 2. The van der Waals surface area contributed by atoms with Gasteiger partial charge in [-0.3, -0.25) is 4.90 Å². The Balaban J connectivity index is 1.99. The second kappa shape index (κ2) is 7.23. The van der Waals surface area contributed by atoms with Crippen molar-refractivity contribution in [3.63, 3.8) is 0 Å². The summed E-state index contributed by atoms with van der Waals surface area (Å²) in [5.41, 5.74) is 7.50. The molecule has 2 N–H and O–H groups in total. The molecule has 1 aliphatic heterocycles. The van der Waals surface area contributed by atoms with Crippen molar-refractivity contribution < 1.29 is 0 Å². The number of halogens is 1. The van der Waals surface area contributed by atoms with Crippen LogP contribution >= 0.6 is 15.9 Å². The van der Waals surface area contributed by atoms with E-state index in [-0.39, 0.29) is 5.54 Å². The van der Waals surface area contributed by atoms with Crippen molar-refractivity contribution >= 4 is 15.9 Å². The highest BCUT2D eigenvalue weighted by atomic mass is 79.9. The highest BCUT2D eigenvalue weighted by Gasteiger charge is 2.31. The minimum atomic E-state index is 0.0228. The standard InChI is InChI=1S/C17H28BrN3/c1-17(13-19,10-14-4-6-16(18)7-5-14)21(3)12-15-8-9-20(2)11-15/h4-7,15H,8-13,19H2,1-3H3. The van der Waals surface area contributed by atoms with Crippen LogP contribution in [-0.2, 0) is 6.42 Å². The average Bonchev–Trinajstić information content (AvgIpc) is 2.86. The molecule has 118 valence electrons. The molecule has 4 heteroatoms. The highest BCUT2D eigenvalue weighted by molar-refractivity contribution is 9.10. The van der Waals surface area contributed by atoms with Crippen LogP contribution in [0, 0.1) is 5.92 Å². The summed E-state index contributed by atoms with van der Waals surface area (Å²) < 4.78 is 1.13. The zero-order chi connectivity index (χ0) is 15.5. The maximum atomic E-state index is 6.13. The predicted octanol–water partition coefficient (Wildman–Crippen LogP) is 2.59. The maximum absolute atomic E-state index is 6.13. The van der Waals surface area contributed by atoms with Gasteiger partial charge in [-0.05, 0) is 64.0 Å². The lowest BCUT2D eigenvalue weighted by atomic mass is 9.90. The lowest BCUT2D eigenvalue weighted by Gasteiger charge is -2.39. The molecule has 21 heavy (non-hydrogen) atoms. The molecule has 2 atom stereocenters. The van der Waals surface area contributed by atoms with Crippen LogP contribution in [0.3, 0.4) is 0 Å². The number of likely N-dealkylation sites (N-methyl/N-ethyl adjacent to an activating group) is 1. The zero-order valence-corrected chi connectivity index (χ0v) is 15.1. The molecular formula is C17H28BrN3. The van der Waals surface area contributed by atoms with E-state index in [4.69, 9.17) is 5.73 Å². The van der Waals surface area contributed by atoms with Gasteiger partial charge in [0.25, 0.3) is 0 Å². The van der Waals surface area contributed by atoms with Crippen LogP contribution in [0.15, 0.2) is 28.7 Å². The second-order valence-electron chi connectivity index (χ2n) is 6.80. The molecule has 2 unspecified atom stereocenters. The summed E-state index contributed by atoms with van der Waals surface area (Å²) in [6.07, 6.45) is 2.30. The van der Waals surface area contributed by atoms with Gasteiger partial charge in [0, 0.05) is 29.6 Å². The average molecular weight is 354 g/mol. The van der Waals surface area contributed by atoms with Crippen molar-refractivity contribution in [3.8, 4) is 0 Å². The van der Waals surface area contributed by atoms with Crippen molar-refractivity contribution in [2.75, 3.05) is 40.3 Å². The third-order valence-corrected chi connectivity index (χ3v) is 5.41. The fourth-order valence-electron chi connectivity index (χ4n) is 3.19. The minimum Gasteiger partial charge on any atom is -0.329 e. The molecule has 1 fully saturated rings. The van der Waals surface area contributed by atoms with E-state index in [1.54, 1.807) is 0 Å². The SMILES string of the molecule is CN1CCC(CN(C)C(C)(CN)Cc2ccc(Br)cc2)C1. The van der Waals surface area contributed by atoms with Gasteiger partial charge in [-0.25, -0.2) is 0 Å². The van der Waals surface area contributed by atoms with Gasteiger partial charge < -0.3 is 10.6 Å². The number of benzene rings is 1. The van der Waals surface area contributed by atoms with Crippen molar-refractivity contribution in [2.45, 2.75) is 25.3 Å². The van der Waals surface area contributed by atoms with Crippen molar-refractivity contribution in [2.24, 2.45) is 11.7 Å². The van der Waals surface area contributed by atoms with Gasteiger partial charge in [-0.15, -0.1) is 0 Å². The summed E-state index contributed by atoms with van der Waals surface area (Å²) >= 11 is 3.50. The largest absolute Gasteiger partial charge is 0.329 e. The number of likely N-dealkylation sites (tertiary alicyclic amines) is 1. The Kier molecular flexibility index (Phi) is 5.83. The van der Waals surface area contributed by atoms with Crippen LogP contribution in [-0.4, -0.2) is 55.6 Å². The molecule has 0 saturated carbocycles. The lowest BCUT2D eigenvalue weighted by molar-refractivity contribution is 0.123. The predicted molar refractivity (Wildman–Crippen MR) is 93.5 cm³/mol. The van der Waals surface area contributed by atoms with E-state index < -0.39 is 0 Å². The molecule has 2 rings (SSSR count). The first kappa shape index (κ1) is 16.9. The van der Waals surface area contributed by atoms with Gasteiger partial charge in [-0.1, -0.05) is 28.1 Å². The molecule has 0 amide bonds. The summed E-state index contributed by atoms with van der Waals surface area (Å²) in [5.74, 6) is 0.774. The van der Waals surface area contributed by atoms with Gasteiger partial charge >= 0.3 is 0 Å². The van der Waals surface area contributed by atoms with E-state index in [0.29, 0.717) is 6.54 Å². The number of hydrogen-bond acceptors (Lipinski definition) is 3. The zero-order valence-electron chi connectivity index (χ0n) is 13.5. The Hall–Kier alpha value is -0.420. The highest BCUT2D eigenvalue weighted by Crippen LogP contribution is 2.24. The molecule has 1 aliphatic rings. The first-order valence-corrected chi connectivity index (χ1v) is 8.56. The Bertz CT molecular complexity index is 448. The molecule has 0 aromatic heterocycles. The third-order valence-electron chi connectivity index (χ3n) is 4.88.